The van der Waals surface area contributed by atoms with Crippen LogP contribution in [0.5, 0.6) is 0 Å². The van der Waals surface area contributed by atoms with E-state index < -0.39 is 5.25 Å². The summed E-state index contributed by atoms with van der Waals surface area (Å²) in [6, 6.07) is 6.83. The van der Waals surface area contributed by atoms with Crippen molar-refractivity contribution < 1.29 is 9.59 Å². The minimum atomic E-state index is -0.411. The Morgan fingerprint density at radius 3 is 2.65 bits per heavy atom. The van der Waals surface area contributed by atoms with Crippen molar-refractivity contribution in [3.63, 3.8) is 0 Å². The first-order valence-corrected chi connectivity index (χ1v) is 7.23. The van der Waals surface area contributed by atoms with Crippen molar-refractivity contribution in [2.45, 2.75) is 11.7 Å². The van der Waals surface area contributed by atoms with E-state index in [4.69, 9.17) is 11.6 Å². The smallest absolute Gasteiger partial charge is 0.242 e. The van der Waals surface area contributed by atoms with Crippen LogP contribution in [0.4, 0.5) is 5.69 Å². The van der Waals surface area contributed by atoms with Gasteiger partial charge in [0.15, 0.2) is 5.17 Å². The molecule has 1 fully saturated rings. The number of hydrogen-bond donors (Lipinski definition) is 1. The summed E-state index contributed by atoms with van der Waals surface area (Å²) >= 11 is 7.09. The lowest BCUT2D eigenvalue weighted by Gasteiger charge is -2.09. The fourth-order valence-electron chi connectivity index (χ4n) is 1.81. The first-order valence-electron chi connectivity index (χ1n) is 5.97. The van der Waals surface area contributed by atoms with Crippen LogP contribution < -0.4 is 5.32 Å². The number of amides is 2. The Balaban J connectivity index is 1.95. The lowest BCUT2D eigenvalue weighted by atomic mass is 10.2. The standard InChI is InChI=1S/C13H14ClN3O2S/c1-15-13-17(2)12(19)10(20-13)7-11(18)16-9-5-3-8(14)4-6-9/h3-6,10H,7H2,1-2H3,(H,16,18)/t10-/m0/s1. The molecule has 1 N–H and O–H groups in total. The van der Waals surface area contributed by atoms with E-state index in [1.807, 2.05) is 0 Å². The van der Waals surface area contributed by atoms with E-state index in [1.165, 1.54) is 16.7 Å². The Morgan fingerprint density at radius 2 is 2.10 bits per heavy atom. The van der Waals surface area contributed by atoms with Gasteiger partial charge in [-0.3, -0.25) is 19.5 Å². The van der Waals surface area contributed by atoms with Gasteiger partial charge in [-0.15, -0.1) is 0 Å². The number of carbonyl (C=O) groups excluding carboxylic acids is 2. The molecule has 0 bridgehead atoms. The number of thioether (sulfide) groups is 1. The third kappa shape index (κ3) is 3.32. The van der Waals surface area contributed by atoms with Gasteiger partial charge in [0.05, 0.1) is 0 Å². The first-order chi connectivity index (χ1) is 9.51. The Morgan fingerprint density at radius 1 is 1.45 bits per heavy atom. The number of amidine groups is 1. The van der Waals surface area contributed by atoms with Gasteiger partial charge in [-0.1, -0.05) is 23.4 Å². The summed E-state index contributed by atoms with van der Waals surface area (Å²) in [5.41, 5.74) is 0.660. The van der Waals surface area contributed by atoms with Crippen molar-refractivity contribution in [1.82, 2.24) is 4.90 Å². The number of carbonyl (C=O) groups is 2. The topological polar surface area (TPSA) is 61.8 Å². The molecule has 0 aromatic heterocycles. The molecule has 20 heavy (non-hydrogen) atoms. The number of nitrogens with one attached hydrogen (secondary N) is 1. The quantitative estimate of drug-likeness (QED) is 0.931. The van der Waals surface area contributed by atoms with Crippen molar-refractivity contribution in [3.8, 4) is 0 Å². The molecule has 7 heteroatoms. The molecular weight excluding hydrogens is 298 g/mol. The number of rotatable bonds is 3. The van der Waals surface area contributed by atoms with Crippen molar-refractivity contribution >= 4 is 46.0 Å². The Hall–Kier alpha value is -1.53. The lowest BCUT2D eigenvalue weighted by Crippen LogP contribution is -2.30. The molecule has 2 amide bonds. The van der Waals surface area contributed by atoms with Gasteiger partial charge in [-0.25, -0.2) is 0 Å². The molecule has 0 unspecified atom stereocenters. The zero-order valence-electron chi connectivity index (χ0n) is 11.1. The van der Waals surface area contributed by atoms with Gasteiger partial charge >= 0.3 is 0 Å². The third-order valence-corrected chi connectivity index (χ3v) is 4.40. The second kappa shape index (κ2) is 6.28. The Bertz CT molecular complexity index is 559. The molecule has 0 saturated carbocycles. The van der Waals surface area contributed by atoms with E-state index in [-0.39, 0.29) is 18.2 Å². The summed E-state index contributed by atoms with van der Waals surface area (Å²) in [6.45, 7) is 0. The van der Waals surface area contributed by atoms with E-state index in [1.54, 1.807) is 38.4 Å². The van der Waals surface area contributed by atoms with E-state index in [2.05, 4.69) is 10.3 Å². The van der Waals surface area contributed by atoms with E-state index in [0.29, 0.717) is 15.9 Å². The second-order valence-electron chi connectivity index (χ2n) is 4.27. The monoisotopic (exact) mass is 311 g/mol. The van der Waals surface area contributed by atoms with Crippen molar-refractivity contribution in [2.75, 3.05) is 19.4 Å². The molecule has 0 aliphatic carbocycles. The van der Waals surface area contributed by atoms with Gasteiger partial charge in [0.2, 0.25) is 11.8 Å². The van der Waals surface area contributed by atoms with Crippen LogP contribution in [0.1, 0.15) is 6.42 Å². The van der Waals surface area contributed by atoms with Gasteiger partial charge in [0.25, 0.3) is 0 Å². The zero-order valence-corrected chi connectivity index (χ0v) is 12.7. The number of aliphatic imine (C=N–C) groups is 1. The normalized spacial score (nSPS) is 20.6. The number of anilines is 1. The second-order valence-corrected chi connectivity index (χ2v) is 5.88. The van der Waals surface area contributed by atoms with Gasteiger partial charge < -0.3 is 5.32 Å². The molecule has 1 aliphatic heterocycles. The third-order valence-electron chi connectivity index (χ3n) is 2.83. The van der Waals surface area contributed by atoms with Crippen LogP contribution in [-0.2, 0) is 9.59 Å². The van der Waals surface area contributed by atoms with Crippen LogP contribution in [0.25, 0.3) is 0 Å². The predicted molar refractivity (Wildman–Crippen MR) is 82.2 cm³/mol. The van der Waals surface area contributed by atoms with Gasteiger partial charge in [-0.2, -0.15) is 0 Å². The molecule has 0 spiro atoms. The van der Waals surface area contributed by atoms with Gasteiger partial charge in [0, 0.05) is 31.2 Å². The summed E-state index contributed by atoms with van der Waals surface area (Å²) in [5.74, 6) is -0.300. The summed E-state index contributed by atoms with van der Waals surface area (Å²) in [5, 5.41) is 3.58. The highest BCUT2D eigenvalue weighted by atomic mass is 35.5. The summed E-state index contributed by atoms with van der Waals surface area (Å²) in [7, 11) is 3.29. The van der Waals surface area contributed by atoms with E-state index >= 15 is 0 Å². The van der Waals surface area contributed by atoms with Crippen LogP contribution in [-0.4, -0.2) is 41.2 Å². The van der Waals surface area contributed by atoms with Crippen molar-refractivity contribution in [1.29, 1.82) is 0 Å². The maximum Gasteiger partial charge on any atom is 0.242 e. The highest BCUT2D eigenvalue weighted by Crippen LogP contribution is 2.28. The highest BCUT2D eigenvalue weighted by Gasteiger charge is 2.36. The average Bonchev–Trinajstić information content (AvgIpc) is 2.69. The molecule has 1 saturated heterocycles. The fraction of sp³-hybridized carbons (Fsp3) is 0.308. The average molecular weight is 312 g/mol. The van der Waals surface area contributed by atoms with Crippen molar-refractivity contribution in [3.05, 3.63) is 29.3 Å². The Labute approximate surface area is 126 Å². The summed E-state index contributed by atoms with van der Waals surface area (Å²) < 4.78 is 0. The summed E-state index contributed by atoms with van der Waals surface area (Å²) in [4.78, 5) is 29.4. The van der Waals surface area contributed by atoms with Gasteiger partial charge in [0.1, 0.15) is 5.25 Å². The molecule has 1 aliphatic rings. The molecular formula is C13H14ClN3O2S. The molecule has 2 rings (SSSR count). The van der Waals surface area contributed by atoms with Crippen LogP contribution >= 0.6 is 23.4 Å². The maximum absolute atomic E-state index is 11.9. The van der Waals surface area contributed by atoms with Crippen LogP contribution in [0.15, 0.2) is 29.3 Å². The van der Waals surface area contributed by atoms with E-state index in [9.17, 15) is 9.59 Å². The first kappa shape index (κ1) is 14.9. The minimum Gasteiger partial charge on any atom is -0.326 e. The molecule has 5 nitrogen and oxygen atoms in total. The minimum absolute atomic E-state index is 0.0955. The molecule has 1 aromatic carbocycles. The molecule has 1 aromatic rings. The molecule has 106 valence electrons. The fourth-order valence-corrected chi connectivity index (χ4v) is 3.04. The SMILES string of the molecule is CN=C1S[C@@H](CC(=O)Nc2ccc(Cl)cc2)C(=O)N1C. The zero-order chi connectivity index (χ0) is 14.7. The highest BCUT2D eigenvalue weighted by molar-refractivity contribution is 8.15. The number of nitrogens with zero attached hydrogens (tertiary/aromatic N) is 2. The number of halogens is 1. The van der Waals surface area contributed by atoms with Gasteiger partial charge in [-0.05, 0) is 24.3 Å². The lowest BCUT2D eigenvalue weighted by molar-refractivity contribution is -0.127. The van der Waals surface area contributed by atoms with Crippen LogP contribution in [0.2, 0.25) is 5.02 Å². The molecule has 1 heterocycles. The number of hydrogen-bond acceptors (Lipinski definition) is 4. The molecule has 0 radical (unpaired) electrons. The summed E-state index contributed by atoms with van der Waals surface area (Å²) in [6.07, 6.45) is 0.121. The largest absolute Gasteiger partial charge is 0.326 e. The maximum atomic E-state index is 11.9. The Kier molecular flexibility index (Phi) is 4.67. The van der Waals surface area contributed by atoms with Crippen molar-refractivity contribution in [2.24, 2.45) is 4.99 Å². The predicted octanol–water partition coefficient (Wildman–Crippen LogP) is 2.23. The van der Waals surface area contributed by atoms with E-state index in [0.717, 1.165) is 0 Å². The van der Waals surface area contributed by atoms with Crippen LogP contribution in [0, 0.1) is 0 Å². The number of benzene rings is 1. The molecule has 1 atom stereocenters. The van der Waals surface area contributed by atoms with Crippen LogP contribution in [0.3, 0.4) is 0 Å².